The molecule has 92 valence electrons. The number of hydrogen-bond acceptors (Lipinski definition) is 1. The highest BCUT2D eigenvalue weighted by atomic mass is 79.9. The van der Waals surface area contributed by atoms with Crippen molar-refractivity contribution < 1.29 is 18.0 Å². The summed E-state index contributed by atoms with van der Waals surface area (Å²) in [4.78, 5) is 11.7. The quantitative estimate of drug-likeness (QED) is 0.576. The van der Waals surface area contributed by atoms with E-state index in [0.717, 1.165) is 17.7 Å². The highest BCUT2D eigenvalue weighted by Crippen LogP contribution is 2.32. The molecule has 1 aromatic rings. The zero-order valence-corrected chi connectivity index (χ0v) is 10.8. The highest BCUT2D eigenvalue weighted by molar-refractivity contribution is 9.10. The molecule has 0 bridgehead atoms. The zero-order chi connectivity index (χ0) is 13.2. The van der Waals surface area contributed by atoms with Crippen molar-refractivity contribution in [1.29, 1.82) is 0 Å². The van der Waals surface area contributed by atoms with E-state index in [-0.39, 0.29) is 5.56 Å². The number of halogens is 4. The minimum atomic E-state index is -4.44. The van der Waals surface area contributed by atoms with Crippen LogP contribution in [0, 0.1) is 0 Å². The molecule has 0 radical (unpaired) electrons. The summed E-state index contributed by atoms with van der Waals surface area (Å²) in [6.45, 7) is 3.42. The lowest BCUT2D eigenvalue weighted by Crippen LogP contribution is -2.07. The van der Waals surface area contributed by atoms with Gasteiger partial charge in [0.05, 0.1) is 5.56 Å². The van der Waals surface area contributed by atoms with Gasteiger partial charge in [-0.25, -0.2) is 0 Å². The van der Waals surface area contributed by atoms with E-state index in [9.17, 15) is 18.0 Å². The van der Waals surface area contributed by atoms with Crippen LogP contribution >= 0.6 is 15.9 Å². The smallest absolute Gasteiger partial charge is 0.289 e. The van der Waals surface area contributed by atoms with Crippen LogP contribution in [0.4, 0.5) is 13.2 Å². The van der Waals surface area contributed by atoms with E-state index in [4.69, 9.17) is 0 Å². The lowest BCUT2D eigenvalue weighted by atomic mass is 10.1. The van der Waals surface area contributed by atoms with Crippen molar-refractivity contribution in [2.24, 2.45) is 0 Å². The van der Waals surface area contributed by atoms with Gasteiger partial charge < -0.3 is 0 Å². The van der Waals surface area contributed by atoms with E-state index in [0.29, 0.717) is 4.47 Å². The minimum Gasteiger partial charge on any atom is -0.289 e. The molecule has 0 heterocycles. The summed E-state index contributed by atoms with van der Waals surface area (Å²) in [6.07, 6.45) is -3.14. The molecular formula is C12H10BrF3O. The van der Waals surface area contributed by atoms with Crippen LogP contribution in [0.5, 0.6) is 0 Å². The van der Waals surface area contributed by atoms with Gasteiger partial charge in [-0.1, -0.05) is 21.5 Å². The van der Waals surface area contributed by atoms with Crippen molar-refractivity contribution >= 4 is 21.7 Å². The van der Waals surface area contributed by atoms with E-state index < -0.39 is 17.5 Å². The van der Waals surface area contributed by atoms with Gasteiger partial charge in [0.1, 0.15) is 0 Å². The van der Waals surface area contributed by atoms with Crippen molar-refractivity contribution in [2.75, 3.05) is 0 Å². The molecule has 0 aromatic heterocycles. The Morgan fingerprint density at radius 3 is 2.35 bits per heavy atom. The molecule has 0 amide bonds. The molecule has 0 aliphatic carbocycles. The first-order chi connectivity index (χ1) is 7.71. The van der Waals surface area contributed by atoms with Crippen LogP contribution in [0.3, 0.4) is 0 Å². The van der Waals surface area contributed by atoms with Crippen LogP contribution in [-0.2, 0) is 6.18 Å². The fourth-order valence-electron chi connectivity index (χ4n) is 1.23. The molecular weight excluding hydrogens is 297 g/mol. The molecule has 0 unspecified atom stereocenters. The predicted octanol–water partition coefficient (Wildman–Crippen LogP) is 4.62. The van der Waals surface area contributed by atoms with Gasteiger partial charge in [0.2, 0.25) is 0 Å². The summed E-state index contributed by atoms with van der Waals surface area (Å²) in [5.41, 5.74) is -0.0773. The second kappa shape index (κ2) is 5.04. The van der Waals surface area contributed by atoms with Gasteiger partial charge in [0.15, 0.2) is 5.78 Å². The number of allylic oxidation sites excluding steroid dienone is 2. The molecule has 0 N–H and O–H groups in total. The fourth-order valence-corrected chi connectivity index (χ4v) is 1.67. The Kier molecular flexibility index (Phi) is 4.14. The summed E-state index contributed by atoms with van der Waals surface area (Å²) >= 11 is 3.07. The number of hydrogen-bond donors (Lipinski definition) is 0. The number of carbonyl (C=O) groups is 1. The Morgan fingerprint density at radius 2 is 1.88 bits per heavy atom. The largest absolute Gasteiger partial charge is 0.416 e. The van der Waals surface area contributed by atoms with Gasteiger partial charge in [-0.2, -0.15) is 13.2 Å². The van der Waals surface area contributed by atoms with Crippen LogP contribution in [0.2, 0.25) is 0 Å². The molecule has 0 saturated heterocycles. The van der Waals surface area contributed by atoms with Crippen LogP contribution in [-0.4, -0.2) is 5.78 Å². The lowest BCUT2D eigenvalue weighted by Gasteiger charge is -2.09. The van der Waals surface area contributed by atoms with E-state index in [1.807, 2.05) is 0 Å². The van der Waals surface area contributed by atoms with Crippen LogP contribution in [0.15, 0.2) is 34.3 Å². The molecule has 0 fully saturated rings. The van der Waals surface area contributed by atoms with Gasteiger partial charge in [0, 0.05) is 10.0 Å². The molecule has 0 spiro atoms. The maximum atomic E-state index is 12.5. The maximum Gasteiger partial charge on any atom is 0.416 e. The van der Waals surface area contributed by atoms with Crippen molar-refractivity contribution in [3.05, 3.63) is 45.4 Å². The van der Waals surface area contributed by atoms with E-state index >= 15 is 0 Å². The monoisotopic (exact) mass is 306 g/mol. The topological polar surface area (TPSA) is 17.1 Å². The SMILES string of the molecule is CC(C)=CC(=O)c1cc(C(F)(F)F)ccc1Br. The van der Waals surface area contributed by atoms with E-state index in [2.05, 4.69) is 15.9 Å². The Hall–Kier alpha value is -1.10. The first-order valence-electron chi connectivity index (χ1n) is 4.78. The van der Waals surface area contributed by atoms with Crippen molar-refractivity contribution in [3.8, 4) is 0 Å². The van der Waals surface area contributed by atoms with Crippen molar-refractivity contribution in [2.45, 2.75) is 20.0 Å². The normalized spacial score (nSPS) is 11.2. The Bertz CT molecular complexity index is 471. The average Bonchev–Trinajstić information content (AvgIpc) is 2.15. The van der Waals surface area contributed by atoms with Crippen LogP contribution in [0.1, 0.15) is 29.8 Å². The predicted molar refractivity (Wildman–Crippen MR) is 62.9 cm³/mol. The third kappa shape index (κ3) is 3.70. The van der Waals surface area contributed by atoms with Gasteiger partial charge in [-0.3, -0.25) is 4.79 Å². The summed E-state index contributed by atoms with van der Waals surface area (Å²) in [7, 11) is 0. The first-order valence-corrected chi connectivity index (χ1v) is 5.57. The zero-order valence-electron chi connectivity index (χ0n) is 9.23. The number of ketones is 1. The second-order valence-electron chi connectivity index (χ2n) is 3.78. The highest BCUT2D eigenvalue weighted by Gasteiger charge is 2.31. The number of rotatable bonds is 2. The third-order valence-electron chi connectivity index (χ3n) is 1.98. The first kappa shape index (κ1) is 14.0. The second-order valence-corrected chi connectivity index (χ2v) is 4.63. The summed E-state index contributed by atoms with van der Waals surface area (Å²) < 4.78 is 37.8. The molecule has 0 saturated carbocycles. The Balaban J connectivity index is 3.25. The average molecular weight is 307 g/mol. The number of benzene rings is 1. The van der Waals surface area contributed by atoms with Crippen molar-refractivity contribution in [3.63, 3.8) is 0 Å². The molecule has 17 heavy (non-hydrogen) atoms. The van der Waals surface area contributed by atoms with Crippen molar-refractivity contribution in [1.82, 2.24) is 0 Å². The maximum absolute atomic E-state index is 12.5. The molecule has 0 atom stereocenters. The molecule has 1 aromatic carbocycles. The Labute approximate surface area is 105 Å². The van der Waals surface area contributed by atoms with Crippen LogP contribution in [0.25, 0.3) is 0 Å². The lowest BCUT2D eigenvalue weighted by molar-refractivity contribution is -0.137. The fraction of sp³-hybridized carbons (Fsp3) is 0.250. The molecule has 0 aliphatic rings. The van der Waals surface area contributed by atoms with Crippen LogP contribution < -0.4 is 0 Å². The molecule has 5 heteroatoms. The molecule has 0 aliphatic heterocycles. The van der Waals surface area contributed by atoms with Gasteiger partial charge in [0.25, 0.3) is 0 Å². The van der Waals surface area contributed by atoms with Gasteiger partial charge in [-0.05, 0) is 38.1 Å². The number of alkyl halides is 3. The van der Waals surface area contributed by atoms with Gasteiger partial charge in [-0.15, -0.1) is 0 Å². The summed E-state index contributed by atoms with van der Waals surface area (Å²) in [5, 5.41) is 0. The molecule has 1 rings (SSSR count). The third-order valence-corrected chi connectivity index (χ3v) is 2.67. The number of carbonyl (C=O) groups excluding carboxylic acids is 1. The minimum absolute atomic E-state index is 0.0148. The van der Waals surface area contributed by atoms with Gasteiger partial charge >= 0.3 is 6.18 Å². The summed E-state index contributed by atoms with van der Waals surface area (Å²) in [5.74, 6) is -0.442. The standard InChI is InChI=1S/C12H10BrF3O/c1-7(2)5-11(17)9-6-8(12(14,15)16)3-4-10(9)13/h3-6H,1-2H3. The van der Waals surface area contributed by atoms with E-state index in [1.165, 1.54) is 12.1 Å². The summed E-state index contributed by atoms with van der Waals surface area (Å²) in [6, 6.07) is 3.02. The Morgan fingerprint density at radius 1 is 1.29 bits per heavy atom. The van der Waals surface area contributed by atoms with E-state index in [1.54, 1.807) is 13.8 Å². The molecule has 1 nitrogen and oxygen atoms in total.